The van der Waals surface area contributed by atoms with Crippen LogP contribution in [0, 0.1) is 0 Å². The Morgan fingerprint density at radius 3 is 2.83 bits per heavy atom. The molecule has 2 N–H and O–H groups in total. The van der Waals surface area contributed by atoms with Gasteiger partial charge in [0.25, 0.3) is 0 Å². The van der Waals surface area contributed by atoms with Gasteiger partial charge in [-0.15, -0.1) is 0 Å². The Bertz CT molecular complexity index is 864. The first kappa shape index (κ1) is 15.7. The van der Waals surface area contributed by atoms with E-state index in [1.165, 1.54) is 4.90 Å². The van der Waals surface area contributed by atoms with Crippen LogP contribution in [0.15, 0.2) is 30.3 Å². The van der Waals surface area contributed by atoms with E-state index in [0.717, 1.165) is 5.39 Å². The van der Waals surface area contributed by atoms with Crippen LogP contribution in [-0.4, -0.2) is 48.8 Å². The monoisotopic (exact) mass is 333 g/mol. The maximum Gasteiger partial charge on any atom is 0.228 e. The van der Waals surface area contributed by atoms with Crippen molar-refractivity contribution in [2.24, 2.45) is 0 Å². The Labute approximate surface area is 135 Å². The molecule has 23 heavy (non-hydrogen) atoms. The van der Waals surface area contributed by atoms with Crippen LogP contribution in [0.3, 0.4) is 0 Å². The summed E-state index contributed by atoms with van der Waals surface area (Å²) in [7, 11) is -1.35. The van der Waals surface area contributed by atoms with Crippen LogP contribution in [0.1, 0.15) is 12.1 Å². The van der Waals surface area contributed by atoms with Gasteiger partial charge in [-0.25, -0.2) is 8.42 Å². The van der Waals surface area contributed by atoms with Crippen molar-refractivity contribution in [1.82, 2.24) is 9.88 Å². The summed E-state index contributed by atoms with van der Waals surface area (Å²) in [5.74, 6) is 0.0707. The minimum absolute atomic E-state index is 0.0489. The molecule has 0 bridgehead atoms. The Balaban J connectivity index is 1.76. The van der Waals surface area contributed by atoms with Gasteiger partial charge >= 0.3 is 0 Å². The highest BCUT2D eigenvalue weighted by molar-refractivity contribution is 7.91. The lowest BCUT2D eigenvalue weighted by atomic mass is 10.1. The molecule has 1 aliphatic heterocycles. The molecule has 1 aromatic carbocycles. The molecule has 6 nitrogen and oxygen atoms in total. The summed E-state index contributed by atoms with van der Waals surface area (Å²) in [6.07, 6.45) is 0.639. The fourth-order valence-electron chi connectivity index (χ4n) is 2.87. The second kappa shape index (κ2) is 5.81. The van der Waals surface area contributed by atoms with Crippen LogP contribution in [0.4, 0.5) is 5.69 Å². The van der Waals surface area contributed by atoms with E-state index in [1.807, 2.05) is 18.2 Å². The average Bonchev–Trinajstić information content (AvgIpc) is 2.87. The second-order valence-corrected chi connectivity index (χ2v) is 8.19. The second-order valence-electron chi connectivity index (χ2n) is 5.96. The number of nitrogens with zero attached hydrogens (tertiary/aromatic N) is 2. The fourth-order valence-corrected chi connectivity index (χ4v) is 4.65. The third kappa shape index (κ3) is 3.29. The summed E-state index contributed by atoms with van der Waals surface area (Å²) in [4.78, 5) is 18.4. The van der Waals surface area contributed by atoms with E-state index in [0.29, 0.717) is 23.3 Å². The lowest BCUT2D eigenvalue weighted by Gasteiger charge is -2.23. The van der Waals surface area contributed by atoms with E-state index in [9.17, 15) is 13.2 Å². The van der Waals surface area contributed by atoms with Crippen molar-refractivity contribution < 1.29 is 13.2 Å². The number of amides is 1. The van der Waals surface area contributed by atoms with Gasteiger partial charge in [-0.05, 0) is 18.6 Å². The summed E-state index contributed by atoms with van der Waals surface area (Å²) < 4.78 is 23.1. The molecule has 1 atom stereocenters. The van der Waals surface area contributed by atoms with Crippen LogP contribution < -0.4 is 5.73 Å². The number of nitrogen functional groups attached to an aromatic ring is 1. The average molecular weight is 333 g/mol. The zero-order valence-corrected chi connectivity index (χ0v) is 13.7. The fraction of sp³-hybridized carbons (Fsp3) is 0.375. The number of fused-ring (bicyclic) bond motifs is 1. The topological polar surface area (TPSA) is 93.4 Å². The number of benzene rings is 1. The van der Waals surface area contributed by atoms with E-state index in [-0.39, 0.29) is 29.9 Å². The molecule has 1 fully saturated rings. The van der Waals surface area contributed by atoms with Crippen molar-refractivity contribution in [2.75, 3.05) is 24.3 Å². The predicted octanol–water partition coefficient (Wildman–Crippen LogP) is 1.00. The van der Waals surface area contributed by atoms with Gasteiger partial charge in [-0.2, -0.15) is 0 Å². The third-order valence-electron chi connectivity index (χ3n) is 4.29. The van der Waals surface area contributed by atoms with Crippen molar-refractivity contribution in [3.05, 3.63) is 36.0 Å². The van der Waals surface area contributed by atoms with Gasteiger partial charge in [-0.3, -0.25) is 9.78 Å². The largest absolute Gasteiger partial charge is 0.397 e. The molecular formula is C16H19N3O3S. The Morgan fingerprint density at radius 1 is 1.35 bits per heavy atom. The van der Waals surface area contributed by atoms with E-state index in [2.05, 4.69) is 4.98 Å². The summed E-state index contributed by atoms with van der Waals surface area (Å²) in [6, 6.07) is 9.01. The molecule has 0 saturated carbocycles. The summed E-state index contributed by atoms with van der Waals surface area (Å²) in [6.45, 7) is 0. The standard InChI is InChI=1S/C16H19N3O3S/c1-19(13-7-8-23(21,22)10-13)15(20)9-12-6-5-11-3-2-4-14(17)16(11)18-12/h2-6,13H,7-10,17H2,1H3. The molecule has 3 rings (SSSR count). The summed E-state index contributed by atoms with van der Waals surface area (Å²) >= 11 is 0. The Kier molecular flexibility index (Phi) is 3.97. The number of pyridine rings is 1. The number of nitrogens with two attached hydrogens (primary N) is 1. The van der Waals surface area contributed by atoms with Gasteiger partial charge in [-0.1, -0.05) is 18.2 Å². The van der Waals surface area contributed by atoms with Crippen LogP contribution >= 0.6 is 0 Å². The smallest absolute Gasteiger partial charge is 0.228 e. The zero-order chi connectivity index (χ0) is 16.6. The highest BCUT2D eigenvalue weighted by Crippen LogP contribution is 2.20. The molecule has 122 valence electrons. The lowest BCUT2D eigenvalue weighted by molar-refractivity contribution is -0.130. The molecule has 1 aromatic heterocycles. The minimum Gasteiger partial charge on any atom is -0.397 e. The highest BCUT2D eigenvalue weighted by Gasteiger charge is 2.32. The minimum atomic E-state index is -3.01. The van der Waals surface area contributed by atoms with Crippen molar-refractivity contribution in [3.63, 3.8) is 0 Å². The number of likely N-dealkylation sites (N-methyl/N-ethyl adjacent to an activating group) is 1. The van der Waals surface area contributed by atoms with Gasteiger partial charge in [0.1, 0.15) is 0 Å². The maximum atomic E-state index is 12.4. The molecular weight excluding hydrogens is 314 g/mol. The third-order valence-corrected chi connectivity index (χ3v) is 6.04. The summed E-state index contributed by atoms with van der Waals surface area (Å²) in [5, 5.41) is 0.927. The quantitative estimate of drug-likeness (QED) is 0.846. The number of hydrogen-bond acceptors (Lipinski definition) is 5. The first-order valence-corrected chi connectivity index (χ1v) is 9.28. The van der Waals surface area contributed by atoms with Crippen LogP contribution in [0.25, 0.3) is 10.9 Å². The lowest BCUT2D eigenvalue weighted by Crippen LogP contribution is -2.38. The maximum absolute atomic E-state index is 12.4. The number of aromatic nitrogens is 1. The van der Waals surface area contributed by atoms with Crippen LogP contribution in [0.5, 0.6) is 0 Å². The first-order chi connectivity index (χ1) is 10.9. The number of rotatable bonds is 3. The number of sulfone groups is 1. The molecule has 7 heteroatoms. The molecule has 0 spiro atoms. The predicted molar refractivity (Wildman–Crippen MR) is 89.7 cm³/mol. The van der Waals surface area contributed by atoms with Crippen LogP contribution in [-0.2, 0) is 21.1 Å². The number of carbonyl (C=O) groups excluding carboxylic acids is 1. The van der Waals surface area contributed by atoms with Crippen molar-refractivity contribution >= 4 is 32.3 Å². The number of para-hydroxylation sites is 1. The Morgan fingerprint density at radius 2 is 2.13 bits per heavy atom. The molecule has 2 aromatic rings. The molecule has 1 aliphatic rings. The van der Waals surface area contributed by atoms with Crippen molar-refractivity contribution in [2.45, 2.75) is 18.9 Å². The Hall–Kier alpha value is -2.15. The van der Waals surface area contributed by atoms with Gasteiger partial charge in [0, 0.05) is 18.5 Å². The molecule has 2 heterocycles. The number of carbonyl (C=O) groups is 1. The molecule has 0 aliphatic carbocycles. The number of hydrogen-bond donors (Lipinski definition) is 1. The first-order valence-electron chi connectivity index (χ1n) is 7.46. The molecule has 1 saturated heterocycles. The number of anilines is 1. The zero-order valence-electron chi connectivity index (χ0n) is 12.9. The van der Waals surface area contributed by atoms with E-state index in [4.69, 9.17) is 5.73 Å². The summed E-state index contributed by atoms with van der Waals surface area (Å²) in [5.41, 5.74) is 7.81. The van der Waals surface area contributed by atoms with Crippen LogP contribution in [0.2, 0.25) is 0 Å². The van der Waals surface area contributed by atoms with Crippen molar-refractivity contribution in [1.29, 1.82) is 0 Å². The molecule has 0 radical (unpaired) electrons. The van der Waals surface area contributed by atoms with Gasteiger partial charge in [0.15, 0.2) is 9.84 Å². The molecule has 1 amide bonds. The normalized spacial score (nSPS) is 19.8. The van der Waals surface area contributed by atoms with Crippen molar-refractivity contribution in [3.8, 4) is 0 Å². The van der Waals surface area contributed by atoms with Gasteiger partial charge < -0.3 is 10.6 Å². The SMILES string of the molecule is CN(C(=O)Cc1ccc2cccc(N)c2n1)C1CCS(=O)(=O)C1. The van der Waals surface area contributed by atoms with Gasteiger partial charge in [0.2, 0.25) is 5.91 Å². The van der Waals surface area contributed by atoms with E-state index >= 15 is 0 Å². The molecule has 1 unspecified atom stereocenters. The van der Waals surface area contributed by atoms with E-state index in [1.54, 1.807) is 19.2 Å². The van der Waals surface area contributed by atoms with E-state index < -0.39 is 9.84 Å². The highest BCUT2D eigenvalue weighted by atomic mass is 32.2. The van der Waals surface area contributed by atoms with Gasteiger partial charge in [0.05, 0.1) is 34.8 Å².